The summed E-state index contributed by atoms with van der Waals surface area (Å²) in [6.07, 6.45) is 0.791. The number of rotatable bonds is 0. The first-order valence-electron chi connectivity index (χ1n) is 4.60. The van der Waals surface area contributed by atoms with Crippen LogP contribution in [0.3, 0.4) is 0 Å². The van der Waals surface area contributed by atoms with Gasteiger partial charge in [-0.2, -0.15) is 0 Å². The molecule has 13 heavy (non-hydrogen) atoms. The number of carbonyl (C=O) groups excluding carboxylic acids is 2. The third-order valence-corrected chi connectivity index (χ3v) is 2.94. The van der Waals surface area contributed by atoms with E-state index in [0.29, 0.717) is 12.8 Å². The minimum absolute atomic E-state index is 0.0509. The van der Waals surface area contributed by atoms with Crippen LogP contribution >= 0.6 is 0 Å². The molecule has 0 radical (unpaired) electrons. The Hall–Kier alpha value is -0.700. The molecule has 0 spiro atoms. The zero-order chi connectivity index (χ0) is 9.85. The number of ether oxygens (including phenoxy) is 1. The Morgan fingerprint density at radius 3 is 1.92 bits per heavy atom. The maximum atomic E-state index is 11.6. The second-order valence-electron chi connectivity index (χ2n) is 4.87. The number of fused-ring (bicyclic) bond motifs is 3. The van der Waals surface area contributed by atoms with Gasteiger partial charge < -0.3 is 4.74 Å². The highest BCUT2D eigenvalue weighted by Crippen LogP contribution is 2.45. The third-order valence-electron chi connectivity index (χ3n) is 2.94. The Balaban J connectivity index is 2.45. The fourth-order valence-electron chi connectivity index (χ4n) is 2.72. The lowest BCUT2D eigenvalue weighted by Gasteiger charge is -2.51. The first-order valence-corrected chi connectivity index (χ1v) is 4.60. The molecule has 0 aromatic heterocycles. The van der Waals surface area contributed by atoms with Gasteiger partial charge in [0, 0.05) is 12.8 Å². The van der Waals surface area contributed by atoms with Crippen molar-refractivity contribution >= 4 is 11.6 Å². The molecule has 3 heteroatoms. The highest BCUT2D eigenvalue weighted by molar-refractivity contribution is 6.07. The molecule has 0 aromatic carbocycles. The van der Waals surface area contributed by atoms with Crippen LogP contribution in [-0.4, -0.2) is 22.8 Å². The smallest absolute Gasteiger partial charge is 0.149 e. The first-order chi connectivity index (χ1) is 5.84. The van der Waals surface area contributed by atoms with Crippen LogP contribution in [0, 0.1) is 5.92 Å². The van der Waals surface area contributed by atoms with Crippen LogP contribution in [0.1, 0.15) is 33.6 Å². The summed E-state index contributed by atoms with van der Waals surface area (Å²) in [5.74, 6) is -0.417. The molecule has 3 fully saturated rings. The van der Waals surface area contributed by atoms with Gasteiger partial charge in [-0.05, 0) is 20.8 Å². The van der Waals surface area contributed by atoms with Crippen LogP contribution in [0.4, 0.5) is 0 Å². The van der Waals surface area contributed by atoms with Crippen molar-refractivity contribution in [2.24, 2.45) is 5.92 Å². The Morgan fingerprint density at radius 1 is 1.15 bits per heavy atom. The Labute approximate surface area is 77.4 Å². The highest BCUT2D eigenvalue weighted by Gasteiger charge is 2.57. The molecule has 0 amide bonds. The maximum absolute atomic E-state index is 11.6. The predicted molar refractivity (Wildman–Crippen MR) is 46.3 cm³/mol. The van der Waals surface area contributed by atoms with Crippen molar-refractivity contribution < 1.29 is 14.3 Å². The minimum Gasteiger partial charge on any atom is -0.367 e. The summed E-state index contributed by atoms with van der Waals surface area (Å²) < 4.78 is 5.76. The number of Topliss-reactive ketones (excluding diaryl/α,β-unsaturated/α-hetero) is 2. The number of carbonyl (C=O) groups is 2. The van der Waals surface area contributed by atoms with E-state index in [-0.39, 0.29) is 11.6 Å². The van der Waals surface area contributed by atoms with Gasteiger partial charge in [0.05, 0.1) is 11.2 Å². The molecule has 2 heterocycles. The van der Waals surface area contributed by atoms with Crippen molar-refractivity contribution in [2.75, 3.05) is 0 Å². The minimum atomic E-state index is -0.598. The quantitative estimate of drug-likeness (QED) is 0.527. The zero-order valence-electron chi connectivity index (χ0n) is 8.22. The number of hydrogen-bond donors (Lipinski definition) is 0. The molecule has 3 aliphatic rings. The average molecular weight is 182 g/mol. The summed E-state index contributed by atoms with van der Waals surface area (Å²) in [6.45, 7) is 5.49. The van der Waals surface area contributed by atoms with E-state index < -0.39 is 17.1 Å². The van der Waals surface area contributed by atoms with E-state index in [0.717, 1.165) is 0 Å². The van der Waals surface area contributed by atoms with Crippen molar-refractivity contribution in [3.63, 3.8) is 0 Å². The molecular weight excluding hydrogens is 168 g/mol. The van der Waals surface area contributed by atoms with Crippen LogP contribution < -0.4 is 0 Å². The molecular formula is C10H14O3. The van der Waals surface area contributed by atoms with Crippen LogP contribution in [0.25, 0.3) is 0 Å². The van der Waals surface area contributed by atoms with Crippen molar-refractivity contribution in [3.8, 4) is 0 Å². The largest absolute Gasteiger partial charge is 0.367 e. The molecule has 0 unspecified atom stereocenters. The lowest BCUT2D eigenvalue weighted by Crippen LogP contribution is -2.62. The SMILES string of the molecule is CC12CC(=O)C(C(=O)C1)C(C)(C)O2. The van der Waals surface area contributed by atoms with Crippen LogP contribution in [0.2, 0.25) is 0 Å². The molecule has 0 atom stereocenters. The summed E-state index contributed by atoms with van der Waals surface area (Å²) in [4.78, 5) is 23.2. The van der Waals surface area contributed by atoms with Gasteiger partial charge in [-0.15, -0.1) is 0 Å². The summed E-state index contributed by atoms with van der Waals surface area (Å²) in [5.41, 5.74) is -1.13. The van der Waals surface area contributed by atoms with Gasteiger partial charge in [0.2, 0.25) is 0 Å². The Kier molecular flexibility index (Phi) is 1.51. The van der Waals surface area contributed by atoms with Crippen molar-refractivity contribution in [3.05, 3.63) is 0 Å². The zero-order valence-corrected chi connectivity index (χ0v) is 8.22. The van der Waals surface area contributed by atoms with Gasteiger partial charge in [0.25, 0.3) is 0 Å². The summed E-state index contributed by atoms with van der Waals surface area (Å²) in [7, 11) is 0. The molecule has 0 N–H and O–H groups in total. The summed E-state index contributed by atoms with van der Waals surface area (Å²) >= 11 is 0. The van der Waals surface area contributed by atoms with E-state index in [4.69, 9.17) is 4.74 Å². The molecule has 0 aromatic rings. The normalized spacial score (nSPS) is 42.5. The van der Waals surface area contributed by atoms with Crippen LogP contribution in [0.5, 0.6) is 0 Å². The topological polar surface area (TPSA) is 43.4 Å². The highest BCUT2D eigenvalue weighted by atomic mass is 16.5. The molecule has 1 aliphatic carbocycles. The first kappa shape index (κ1) is 8.88. The van der Waals surface area contributed by atoms with E-state index in [2.05, 4.69) is 0 Å². The molecule has 3 nitrogen and oxygen atoms in total. The van der Waals surface area contributed by atoms with Crippen LogP contribution in [0.15, 0.2) is 0 Å². The summed E-state index contributed by atoms with van der Waals surface area (Å²) in [6, 6.07) is 0. The van der Waals surface area contributed by atoms with E-state index in [1.54, 1.807) is 0 Å². The van der Waals surface area contributed by atoms with E-state index in [9.17, 15) is 9.59 Å². The van der Waals surface area contributed by atoms with Crippen molar-refractivity contribution in [1.29, 1.82) is 0 Å². The van der Waals surface area contributed by atoms with E-state index >= 15 is 0 Å². The summed E-state index contributed by atoms with van der Waals surface area (Å²) in [5, 5.41) is 0. The van der Waals surface area contributed by atoms with Gasteiger partial charge in [0.15, 0.2) is 0 Å². The van der Waals surface area contributed by atoms with Crippen LogP contribution in [-0.2, 0) is 14.3 Å². The molecule has 1 saturated carbocycles. The molecule has 2 saturated heterocycles. The second-order valence-corrected chi connectivity index (χ2v) is 4.87. The fourth-order valence-corrected chi connectivity index (χ4v) is 2.72. The second kappa shape index (κ2) is 2.21. The van der Waals surface area contributed by atoms with Gasteiger partial charge in [-0.3, -0.25) is 9.59 Å². The fraction of sp³-hybridized carbons (Fsp3) is 0.800. The van der Waals surface area contributed by atoms with Gasteiger partial charge in [0.1, 0.15) is 17.5 Å². The lowest BCUT2D eigenvalue weighted by molar-refractivity contribution is -0.215. The molecule has 3 rings (SSSR count). The number of ketones is 2. The van der Waals surface area contributed by atoms with Gasteiger partial charge in [-0.25, -0.2) is 0 Å². The maximum Gasteiger partial charge on any atom is 0.149 e. The molecule has 2 bridgehead atoms. The van der Waals surface area contributed by atoms with Gasteiger partial charge in [-0.1, -0.05) is 0 Å². The standard InChI is InChI=1S/C10H14O3/c1-9(2)8-6(11)4-10(3,13-9)5-7(8)12/h8H,4-5H2,1-3H3. The van der Waals surface area contributed by atoms with E-state index in [1.165, 1.54) is 0 Å². The molecule has 72 valence electrons. The van der Waals surface area contributed by atoms with Crippen molar-refractivity contribution in [1.82, 2.24) is 0 Å². The Morgan fingerprint density at radius 2 is 1.62 bits per heavy atom. The number of hydrogen-bond acceptors (Lipinski definition) is 3. The third kappa shape index (κ3) is 1.14. The predicted octanol–water partition coefficient (Wildman–Crippen LogP) is 1.10. The lowest BCUT2D eigenvalue weighted by atomic mass is 9.67. The molecule has 2 aliphatic heterocycles. The monoisotopic (exact) mass is 182 g/mol. The van der Waals surface area contributed by atoms with Crippen molar-refractivity contribution in [2.45, 2.75) is 44.8 Å². The Bertz CT molecular complexity index is 270. The van der Waals surface area contributed by atoms with Gasteiger partial charge >= 0.3 is 0 Å². The average Bonchev–Trinajstić information content (AvgIpc) is 1.75. The van der Waals surface area contributed by atoms with E-state index in [1.807, 2.05) is 20.8 Å².